The van der Waals surface area contributed by atoms with E-state index in [1.165, 1.54) is 100 Å². The summed E-state index contributed by atoms with van der Waals surface area (Å²) in [6, 6.07) is 66.7. The van der Waals surface area contributed by atoms with Crippen molar-refractivity contribution < 1.29 is 0 Å². The Hall–Kier alpha value is -6.44. The summed E-state index contributed by atoms with van der Waals surface area (Å²) < 4.78 is 0. The van der Waals surface area contributed by atoms with E-state index in [-0.39, 0.29) is 16.2 Å². The van der Waals surface area contributed by atoms with E-state index in [1.807, 2.05) is 0 Å². The number of hydrogen-bond donors (Lipinski definition) is 0. The van der Waals surface area contributed by atoms with Crippen molar-refractivity contribution in [3.05, 3.63) is 209 Å². The van der Waals surface area contributed by atoms with Crippen molar-refractivity contribution in [2.24, 2.45) is 0 Å². The number of para-hydroxylation sites is 1. The van der Waals surface area contributed by atoms with Crippen LogP contribution in [0, 0.1) is 0 Å². The zero-order chi connectivity index (χ0) is 41.0. The Balaban J connectivity index is 1.15. The minimum absolute atomic E-state index is 0.0459. The van der Waals surface area contributed by atoms with E-state index in [4.69, 9.17) is 0 Å². The van der Waals surface area contributed by atoms with E-state index >= 15 is 0 Å². The van der Waals surface area contributed by atoms with Gasteiger partial charge in [-0.25, -0.2) is 0 Å². The Labute approximate surface area is 356 Å². The van der Waals surface area contributed by atoms with Gasteiger partial charge >= 0.3 is 0 Å². The highest BCUT2D eigenvalue weighted by atomic mass is 15.1. The SMILES string of the molecule is CCC1(CC)c2ccccc2-c2ccc(N(c3cccc(-c4cccc5c4C(C)(C)c4ccccc4-5)c3)c3ccccc3-c3cccc4c3-c3ccccc3C4(C)C)cc21. The molecule has 0 spiro atoms. The second kappa shape index (κ2) is 13.3. The highest BCUT2D eigenvalue weighted by Gasteiger charge is 2.42. The third-order valence-corrected chi connectivity index (χ3v) is 14.8. The average Bonchev–Trinajstić information content (AvgIpc) is 3.81. The molecule has 0 bridgehead atoms. The van der Waals surface area contributed by atoms with E-state index < -0.39 is 0 Å². The molecule has 3 aliphatic carbocycles. The second-order valence-corrected chi connectivity index (χ2v) is 18.3. The van der Waals surface area contributed by atoms with Gasteiger partial charge in [0.05, 0.1) is 5.69 Å². The Morgan fingerprint density at radius 2 is 0.883 bits per heavy atom. The molecule has 1 nitrogen and oxygen atoms in total. The van der Waals surface area contributed by atoms with Crippen LogP contribution in [0.15, 0.2) is 176 Å². The van der Waals surface area contributed by atoms with Crippen molar-refractivity contribution in [1.82, 2.24) is 0 Å². The van der Waals surface area contributed by atoms with Gasteiger partial charge in [0.15, 0.2) is 0 Å². The Morgan fingerprint density at radius 1 is 0.367 bits per heavy atom. The summed E-state index contributed by atoms with van der Waals surface area (Å²) in [5.74, 6) is 0. The molecule has 0 heterocycles. The van der Waals surface area contributed by atoms with Crippen LogP contribution < -0.4 is 4.90 Å². The molecule has 1 heteroatoms. The van der Waals surface area contributed by atoms with Gasteiger partial charge < -0.3 is 4.90 Å². The first-order valence-corrected chi connectivity index (χ1v) is 21.9. The lowest BCUT2D eigenvalue weighted by molar-refractivity contribution is 0.490. The van der Waals surface area contributed by atoms with Crippen molar-refractivity contribution in [2.45, 2.75) is 70.6 Å². The lowest BCUT2D eigenvalue weighted by Gasteiger charge is -2.33. The summed E-state index contributed by atoms with van der Waals surface area (Å²) in [5.41, 5.74) is 24.8. The molecule has 292 valence electrons. The fourth-order valence-corrected chi connectivity index (χ4v) is 11.8. The molecule has 11 rings (SSSR count). The fraction of sp³-hybridized carbons (Fsp3) is 0.186. The predicted molar refractivity (Wildman–Crippen MR) is 254 cm³/mol. The van der Waals surface area contributed by atoms with Gasteiger partial charge in [0.25, 0.3) is 0 Å². The second-order valence-electron chi connectivity index (χ2n) is 18.3. The number of rotatable bonds is 7. The minimum Gasteiger partial charge on any atom is -0.310 e. The van der Waals surface area contributed by atoms with Gasteiger partial charge in [-0.3, -0.25) is 0 Å². The third-order valence-electron chi connectivity index (χ3n) is 14.8. The summed E-state index contributed by atoms with van der Waals surface area (Å²) in [5, 5.41) is 0. The van der Waals surface area contributed by atoms with Crippen LogP contribution in [-0.4, -0.2) is 0 Å². The van der Waals surface area contributed by atoms with Crippen LogP contribution in [0.3, 0.4) is 0 Å². The standard InChI is InChI=1S/C59H51N/c1-7-59(8-2)51-31-15-10-22-42(51)44-35-34-40(37-53(44)59)60(39-21-17-20-38(36-39)41-26-18-28-47-43-23-9-13-29-49(43)58(5,6)56(41)47)54-33-16-12-24-45(54)46-27-19-32-52-55(46)48-25-11-14-30-50(48)57(52,3)4/h9-37H,7-8H2,1-6H3. The topological polar surface area (TPSA) is 3.24 Å². The molecule has 0 fully saturated rings. The molecule has 0 atom stereocenters. The fourth-order valence-electron chi connectivity index (χ4n) is 11.8. The number of nitrogens with zero attached hydrogens (tertiary/aromatic N) is 1. The molecular formula is C59H51N. The molecule has 3 aliphatic rings. The number of hydrogen-bond acceptors (Lipinski definition) is 1. The summed E-state index contributed by atoms with van der Waals surface area (Å²) in [7, 11) is 0. The van der Waals surface area contributed by atoms with Crippen molar-refractivity contribution in [3.63, 3.8) is 0 Å². The maximum Gasteiger partial charge on any atom is 0.0540 e. The molecule has 8 aromatic carbocycles. The number of anilines is 3. The van der Waals surface area contributed by atoms with Gasteiger partial charge in [-0.1, -0.05) is 187 Å². The molecule has 0 saturated heterocycles. The van der Waals surface area contributed by atoms with Gasteiger partial charge in [0, 0.05) is 33.2 Å². The predicted octanol–water partition coefficient (Wildman–Crippen LogP) is 16.2. The summed E-state index contributed by atoms with van der Waals surface area (Å²) in [6.07, 6.45) is 2.09. The van der Waals surface area contributed by atoms with Gasteiger partial charge in [0.1, 0.15) is 0 Å². The third kappa shape index (κ3) is 4.99. The van der Waals surface area contributed by atoms with Crippen molar-refractivity contribution >= 4 is 17.1 Å². The molecule has 60 heavy (non-hydrogen) atoms. The Kier molecular flexibility index (Phi) is 8.11. The van der Waals surface area contributed by atoms with Gasteiger partial charge in [0.2, 0.25) is 0 Å². The van der Waals surface area contributed by atoms with Gasteiger partial charge in [-0.2, -0.15) is 0 Å². The summed E-state index contributed by atoms with van der Waals surface area (Å²) in [4.78, 5) is 2.55. The first-order chi connectivity index (χ1) is 29.2. The minimum atomic E-state index is -0.124. The van der Waals surface area contributed by atoms with Gasteiger partial charge in [-0.15, -0.1) is 0 Å². The van der Waals surface area contributed by atoms with Crippen LogP contribution in [0.1, 0.15) is 87.8 Å². The van der Waals surface area contributed by atoms with Crippen LogP contribution in [0.25, 0.3) is 55.6 Å². The molecule has 8 aromatic rings. The van der Waals surface area contributed by atoms with Crippen LogP contribution >= 0.6 is 0 Å². The normalized spacial score (nSPS) is 15.4. The van der Waals surface area contributed by atoms with Crippen LogP contribution in [-0.2, 0) is 16.2 Å². The van der Waals surface area contributed by atoms with E-state index in [0.29, 0.717) is 0 Å². The molecule has 0 saturated carbocycles. The molecule has 0 unspecified atom stereocenters. The van der Waals surface area contributed by atoms with Gasteiger partial charge in [-0.05, 0) is 127 Å². The monoisotopic (exact) mass is 773 g/mol. The summed E-state index contributed by atoms with van der Waals surface area (Å²) >= 11 is 0. The largest absolute Gasteiger partial charge is 0.310 e. The maximum absolute atomic E-state index is 2.55. The van der Waals surface area contributed by atoms with Crippen molar-refractivity contribution in [1.29, 1.82) is 0 Å². The van der Waals surface area contributed by atoms with E-state index in [1.54, 1.807) is 0 Å². The quantitative estimate of drug-likeness (QED) is 0.156. The summed E-state index contributed by atoms with van der Waals surface area (Å²) in [6.45, 7) is 14.3. The maximum atomic E-state index is 2.55. The lowest BCUT2D eigenvalue weighted by atomic mass is 9.74. The highest BCUT2D eigenvalue weighted by Crippen LogP contribution is 2.57. The molecular weight excluding hydrogens is 723 g/mol. The van der Waals surface area contributed by atoms with E-state index in [2.05, 4.69) is 222 Å². The van der Waals surface area contributed by atoms with Crippen molar-refractivity contribution in [2.75, 3.05) is 4.90 Å². The first-order valence-electron chi connectivity index (χ1n) is 21.9. The molecule has 0 N–H and O–H groups in total. The van der Waals surface area contributed by atoms with E-state index in [0.717, 1.165) is 18.5 Å². The molecule has 0 amide bonds. The Bertz CT molecular complexity index is 3030. The zero-order valence-electron chi connectivity index (χ0n) is 35.6. The van der Waals surface area contributed by atoms with Crippen LogP contribution in [0.5, 0.6) is 0 Å². The molecule has 0 radical (unpaired) electrons. The van der Waals surface area contributed by atoms with E-state index in [9.17, 15) is 0 Å². The first kappa shape index (κ1) is 36.6. The Morgan fingerprint density at radius 3 is 1.63 bits per heavy atom. The average molecular weight is 774 g/mol. The number of fused-ring (bicyclic) bond motifs is 9. The molecule has 0 aliphatic heterocycles. The van der Waals surface area contributed by atoms with Crippen LogP contribution in [0.2, 0.25) is 0 Å². The number of benzene rings is 8. The lowest BCUT2D eigenvalue weighted by Crippen LogP contribution is -2.23. The molecule has 0 aromatic heterocycles. The highest BCUT2D eigenvalue weighted by molar-refractivity contribution is 5.99. The van der Waals surface area contributed by atoms with Crippen LogP contribution in [0.4, 0.5) is 17.1 Å². The van der Waals surface area contributed by atoms with Crippen molar-refractivity contribution in [3.8, 4) is 55.6 Å². The zero-order valence-corrected chi connectivity index (χ0v) is 35.6. The smallest absolute Gasteiger partial charge is 0.0540 e.